The second kappa shape index (κ2) is 8.58. The molecule has 2 amide bonds. The Kier molecular flexibility index (Phi) is 6.74. The van der Waals surface area contributed by atoms with Crippen LogP contribution >= 0.6 is 0 Å². The van der Waals surface area contributed by atoms with Gasteiger partial charge in [0.1, 0.15) is 0 Å². The third-order valence-electron chi connectivity index (χ3n) is 2.85. The molecule has 0 heterocycles. The molecule has 0 atom stereocenters. The lowest BCUT2D eigenvalue weighted by Gasteiger charge is -2.19. The van der Waals surface area contributed by atoms with Crippen LogP contribution in [-0.2, 0) is 4.79 Å². The van der Waals surface area contributed by atoms with Gasteiger partial charge in [0, 0.05) is 31.4 Å². The van der Waals surface area contributed by atoms with Crippen molar-refractivity contribution >= 4 is 17.5 Å². The molecule has 5 heteroatoms. The van der Waals surface area contributed by atoms with Crippen LogP contribution in [-0.4, -0.2) is 43.4 Å². The van der Waals surface area contributed by atoms with Crippen molar-refractivity contribution in [1.82, 2.24) is 10.2 Å². The monoisotopic (exact) mass is 287 g/mol. The van der Waals surface area contributed by atoms with E-state index in [4.69, 9.17) is 0 Å². The van der Waals surface area contributed by atoms with E-state index >= 15 is 0 Å². The van der Waals surface area contributed by atoms with E-state index in [1.165, 1.54) is 0 Å². The minimum atomic E-state index is -0.162. The summed E-state index contributed by atoms with van der Waals surface area (Å²) in [5.74, 6) is -0.218. The molecule has 0 aromatic heterocycles. The summed E-state index contributed by atoms with van der Waals surface area (Å²) in [4.78, 5) is 25.2. The zero-order valence-electron chi connectivity index (χ0n) is 12.3. The third kappa shape index (κ3) is 5.14. The molecule has 1 aromatic carbocycles. The van der Waals surface area contributed by atoms with Gasteiger partial charge in [0.05, 0.1) is 6.54 Å². The van der Waals surface area contributed by atoms with Gasteiger partial charge in [-0.1, -0.05) is 18.2 Å². The molecule has 0 radical (unpaired) electrons. The molecule has 0 bridgehead atoms. The van der Waals surface area contributed by atoms with Gasteiger partial charge >= 0.3 is 0 Å². The average Bonchev–Trinajstić information content (AvgIpc) is 2.51. The predicted molar refractivity (Wildman–Crippen MR) is 85.3 cm³/mol. The van der Waals surface area contributed by atoms with Crippen LogP contribution in [0.2, 0.25) is 0 Å². The molecule has 1 aromatic rings. The fraction of sp³-hybridized carbons (Fsp3) is 0.250. The number of benzene rings is 1. The van der Waals surface area contributed by atoms with Crippen molar-refractivity contribution in [3.8, 4) is 0 Å². The minimum Gasteiger partial charge on any atom is -0.376 e. The van der Waals surface area contributed by atoms with Crippen LogP contribution in [0.5, 0.6) is 0 Å². The Morgan fingerprint density at radius 1 is 1.24 bits per heavy atom. The van der Waals surface area contributed by atoms with Crippen molar-refractivity contribution in [3.63, 3.8) is 0 Å². The highest BCUT2D eigenvalue weighted by atomic mass is 16.2. The molecule has 0 spiro atoms. The number of anilines is 1. The quantitative estimate of drug-likeness (QED) is 0.715. The molecule has 0 saturated heterocycles. The molecule has 1 rings (SSSR count). The highest BCUT2D eigenvalue weighted by Gasteiger charge is 2.10. The van der Waals surface area contributed by atoms with Crippen molar-refractivity contribution < 1.29 is 9.59 Å². The maximum absolute atomic E-state index is 12.1. The van der Waals surface area contributed by atoms with Gasteiger partial charge < -0.3 is 15.5 Å². The Balaban J connectivity index is 2.65. The first-order valence-electron chi connectivity index (χ1n) is 6.68. The van der Waals surface area contributed by atoms with Crippen LogP contribution in [0, 0.1) is 0 Å². The van der Waals surface area contributed by atoms with Gasteiger partial charge in [-0.3, -0.25) is 9.59 Å². The van der Waals surface area contributed by atoms with Crippen molar-refractivity contribution in [1.29, 1.82) is 0 Å². The second-order valence-corrected chi connectivity index (χ2v) is 4.39. The smallest absolute Gasteiger partial charge is 0.251 e. The zero-order chi connectivity index (χ0) is 15.7. The molecule has 21 heavy (non-hydrogen) atoms. The first-order valence-corrected chi connectivity index (χ1v) is 6.68. The summed E-state index contributed by atoms with van der Waals surface area (Å²) < 4.78 is 0. The van der Waals surface area contributed by atoms with E-state index < -0.39 is 0 Å². The van der Waals surface area contributed by atoms with Gasteiger partial charge in [-0.25, -0.2) is 0 Å². The van der Waals surface area contributed by atoms with Crippen LogP contribution in [0.3, 0.4) is 0 Å². The first kappa shape index (κ1) is 16.5. The van der Waals surface area contributed by atoms with Crippen molar-refractivity contribution in [2.45, 2.75) is 0 Å². The summed E-state index contributed by atoms with van der Waals surface area (Å²) in [5.41, 5.74) is 1.27. The third-order valence-corrected chi connectivity index (χ3v) is 2.85. The van der Waals surface area contributed by atoms with E-state index in [2.05, 4.69) is 23.8 Å². The molecule has 0 unspecified atom stereocenters. The SMILES string of the molecule is C=CCN(CC=C)C(=O)CNc1cccc(C(=O)NC)c1. The highest BCUT2D eigenvalue weighted by Crippen LogP contribution is 2.10. The van der Waals surface area contributed by atoms with Crippen molar-refractivity contribution in [2.24, 2.45) is 0 Å². The van der Waals surface area contributed by atoms with Gasteiger partial charge in [0.2, 0.25) is 5.91 Å². The molecular formula is C16H21N3O2. The average molecular weight is 287 g/mol. The Labute approximate surface area is 125 Å². The molecule has 0 aliphatic heterocycles. The summed E-state index contributed by atoms with van der Waals surface area (Å²) in [6, 6.07) is 7.00. The molecule has 0 saturated carbocycles. The molecule has 0 aliphatic rings. The van der Waals surface area contributed by atoms with Crippen LogP contribution in [0.1, 0.15) is 10.4 Å². The lowest BCUT2D eigenvalue weighted by Crippen LogP contribution is -2.35. The van der Waals surface area contributed by atoms with E-state index in [0.717, 1.165) is 5.69 Å². The number of carbonyl (C=O) groups excluding carboxylic acids is 2. The topological polar surface area (TPSA) is 61.4 Å². The first-order chi connectivity index (χ1) is 10.1. The predicted octanol–water partition coefficient (Wildman–Crippen LogP) is 1.66. The van der Waals surface area contributed by atoms with Gasteiger partial charge in [-0.2, -0.15) is 0 Å². The summed E-state index contributed by atoms with van der Waals surface area (Å²) in [7, 11) is 1.58. The number of nitrogens with zero attached hydrogens (tertiary/aromatic N) is 1. The Morgan fingerprint density at radius 3 is 2.48 bits per heavy atom. The fourth-order valence-corrected chi connectivity index (χ4v) is 1.79. The van der Waals surface area contributed by atoms with Gasteiger partial charge in [-0.05, 0) is 18.2 Å². The number of rotatable bonds is 8. The van der Waals surface area contributed by atoms with Crippen molar-refractivity contribution in [3.05, 3.63) is 55.1 Å². The van der Waals surface area contributed by atoms with E-state index in [-0.39, 0.29) is 18.4 Å². The lowest BCUT2D eigenvalue weighted by molar-refractivity contribution is -0.128. The number of amides is 2. The normalized spacial score (nSPS) is 9.57. The minimum absolute atomic E-state index is 0.0554. The molecule has 5 nitrogen and oxygen atoms in total. The van der Waals surface area contributed by atoms with Crippen LogP contribution in [0.15, 0.2) is 49.6 Å². The number of nitrogens with one attached hydrogen (secondary N) is 2. The summed E-state index contributed by atoms with van der Waals surface area (Å²) in [6.45, 7) is 8.37. The molecule has 2 N–H and O–H groups in total. The number of hydrogen-bond acceptors (Lipinski definition) is 3. The largest absolute Gasteiger partial charge is 0.376 e. The maximum atomic E-state index is 12.1. The number of carbonyl (C=O) groups is 2. The summed E-state index contributed by atoms with van der Waals surface area (Å²) in [6.07, 6.45) is 3.35. The summed E-state index contributed by atoms with van der Waals surface area (Å²) in [5, 5.41) is 5.58. The van der Waals surface area contributed by atoms with Crippen LogP contribution in [0.25, 0.3) is 0 Å². The van der Waals surface area contributed by atoms with E-state index in [0.29, 0.717) is 18.7 Å². The Bertz CT molecular complexity index is 516. The van der Waals surface area contributed by atoms with Crippen LogP contribution in [0.4, 0.5) is 5.69 Å². The highest BCUT2D eigenvalue weighted by molar-refractivity contribution is 5.95. The van der Waals surface area contributed by atoms with E-state index in [1.54, 1.807) is 42.3 Å². The Hall–Kier alpha value is -2.56. The van der Waals surface area contributed by atoms with Crippen LogP contribution < -0.4 is 10.6 Å². The van der Waals surface area contributed by atoms with Crippen molar-refractivity contribution in [2.75, 3.05) is 32.0 Å². The maximum Gasteiger partial charge on any atom is 0.251 e. The number of hydrogen-bond donors (Lipinski definition) is 2. The fourth-order valence-electron chi connectivity index (χ4n) is 1.79. The Morgan fingerprint density at radius 2 is 1.90 bits per heavy atom. The van der Waals surface area contributed by atoms with Gasteiger partial charge in [0.25, 0.3) is 5.91 Å². The molecule has 0 aliphatic carbocycles. The van der Waals surface area contributed by atoms with E-state index in [1.807, 2.05) is 6.07 Å². The van der Waals surface area contributed by atoms with Gasteiger partial charge in [-0.15, -0.1) is 13.2 Å². The second-order valence-electron chi connectivity index (χ2n) is 4.39. The summed E-state index contributed by atoms with van der Waals surface area (Å²) >= 11 is 0. The van der Waals surface area contributed by atoms with Gasteiger partial charge in [0.15, 0.2) is 0 Å². The molecule has 112 valence electrons. The zero-order valence-corrected chi connectivity index (χ0v) is 12.3. The molecule has 0 fully saturated rings. The standard InChI is InChI=1S/C16H21N3O2/c1-4-9-19(10-5-2)15(20)12-18-14-8-6-7-13(11-14)16(21)17-3/h4-8,11,18H,1-2,9-10,12H2,3H3,(H,17,21). The lowest BCUT2D eigenvalue weighted by atomic mass is 10.2. The molecular weight excluding hydrogens is 266 g/mol. The van der Waals surface area contributed by atoms with E-state index in [9.17, 15) is 9.59 Å².